The highest BCUT2D eigenvalue weighted by molar-refractivity contribution is 8.00. The second kappa shape index (κ2) is 8.03. The molecule has 0 spiro atoms. The zero-order valence-corrected chi connectivity index (χ0v) is 16.1. The van der Waals surface area contributed by atoms with Gasteiger partial charge in [0.1, 0.15) is 0 Å². The molecule has 0 aliphatic carbocycles. The number of imidazole rings is 1. The standard InChI is InChI=1S/C18H16Cl2N4OS/c1-11(17(25)22-15-8-7-13(19)9-14(15)20)26-18-23-16(10-24(18)21)12-5-3-2-4-6-12/h2-11H,21H2,1H3,(H,22,25). The molecule has 1 aromatic heterocycles. The normalized spacial score (nSPS) is 12.0. The number of halogens is 2. The van der Waals surface area contributed by atoms with Gasteiger partial charge in [-0.25, -0.2) is 9.66 Å². The van der Waals surface area contributed by atoms with Crippen LogP contribution >= 0.6 is 35.0 Å². The molecule has 1 amide bonds. The van der Waals surface area contributed by atoms with Crippen molar-refractivity contribution in [2.75, 3.05) is 11.2 Å². The van der Waals surface area contributed by atoms with Crippen LogP contribution in [0, 0.1) is 0 Å². The summed E-state index contributed by atoms with van der Waals surface area (Å²) in [6, 6.07) is 14.6. The van der Waals surface area contributed by atoms with Gasteiger partial charge in [0.25, 0.3) is 0 Å². The maximum Gasteiger partial charge on any atom is 0.237 e. The second-order valence-corrected chi connectivity index (χ2v) is 7.71. The van der Waals surface area contributed by atoms with Crippen LogP contribution in [0.1, 0.15) is 6.92 Å². The van der Waals surface area contributed by atoms with E-state index in [-0.39, 0.29) is 5.91 Å². The van der Waals surface area contributed by atoms with Crippen LogP contribution < -0.4 is 11.2 Å². The Balaban J connectivity index is 1.70. The minimum atomic E-state index is -0.421. The van der Waals surface area contributed by atoms with Crippen LogP contribution in [-0.2, 0) is 4.79 Å². The Morgan fingerprint density at radius 3 is 2.65 bits per heavy atom. The Morgan fingerprint density at radius 1 is 1.23 bits per heavy atom. The molecule has 0 fully saturated rings. The third kappa shape index (κ3) is 4.33. The highest BCUT2D eigenvalue weighted by Gasteiger charge is 2.19. The minimum absolute atomic E-state index is 0.205. The van der Waals surface area contributed by atoms with Gasteiger partial charge in [0.2, 0.25) is 5.91 Å². The van der Waals surface area contributed by atoms with E-state index in [1.165, 1.54) is 16.4 Å². The van der Waals surface area contributed by atoms with Crippen molar-refractivity contribution in [3.63, 3.8) is 0 Å². The zero-order chi connectivity index (χ0) is 18.7. The molecule has 8 heteroatoms. The van der Waals surface area contributed by atoms with E-state index in [4.69, 9.17) is 29.0 Å². The van der Waals surface area contributed by atoms with Gasteiger partial charge in [-0.2, -0.15) is 0 Å². The zero-order valence-electron chi connectivity index (χ0n) is 13.8. The molecule has 1 unspecified atom stereocenters. The van der Waals surface area contributed by atoms with E-state index in [0.717, 1.165) is 11.3 Å². The van der Waals surface area contributed by atoms with Crippen molar-refractivity contribution in [1.29, 1.82) is 0 Å². The lowest BCUT2D eigenvalue weighted by atomic mass is 10.2. The van der Waals surface area contributed by atoms with Crippen LogP contribution in [0.15, 0.2) is 59.9 Å². The van der Waals surface area contributed by atoms with E-state index in [2.05, 4.69) is 10.3 Å². The smallest absolute Gasteiger partial charge is 0.237 e. The Labute approximate surface area is 165 Å². The van der Waals surface area contributed by atoms with Crippen LogP contribution in [0.3, 0.4) is 0 Å². The molecule has 134 valence electrons. The molecule has 1 heterocycles. The van der Waals surface area contributed by atoms with Crippen molar-refractivity contribution in [2.45, 2.75) is 17.3 Å². The Bertz CT molecular complexity index is 930. The number of nitrogens with two attached hydrogens (primary N) is 1. The first kappa shape index (κ1) is 18.6. The molecule has 0 aliphatic rings. The first-order chi connectivity index (χ1) is 12.4. The molecule has 3 aromatic rings. The average molecular weight is 407 g/mol. The van der Waals surface area contributed by atoms with Gasteiger partial charge < -0.3 is 11.2 Å². The third-order valence-corrected chi connectivity index (χ3v) is 5.24. The van der Waals surface area contributed by atoms with Gasteiger partial charge in [-0.15, -0.1) is 0 Å². The Kier molecular flexibility index (Phi) is 5.76. The Morgan fingerprint density at radius 2 is 1.96 bits per heavy atom. The predicted molar refractivity (Wildman–Crippen MR) is 108 cm³/mol. The summed E-state index contributed by atoms with van der Waals surface area (Å²) >= 11 is 13.2. The van der Waals surface area contributed by atoms with Crippen molar-refractivity contribution in [1.82, 2.24) is 9.66 Å². The maximum absolute atomic E-state index is 12.4. The summed E-state index contributed by atoms with van der Waals surface area (Å²) in [5.74, 6) is 5.78. The molecule has 3 rings (SSSR count). The fraction of sp³-hybridized carbons (Fsp3) is 0.111. The van der Waals surface area contributed by atoms with E-state index < -0.39 is 5.25 Å². The second-order valence-electron chi connectivity index (χ2n) is 5.56. The van der Waals surface area contributed by atoms with Crippen LogP contribution in [-0.4, -0.2) is 20.8 Å². The third-order valence-electron chi connectivity index (χ3n) is 3.61. The van der Waals surface area contributed by atoms with E-state index >= 15 is 0 Å². The predicted octanol–water partition coefficient (Wildman–Crippen LogP) is 4.69. The lowest BCUT2D eigenvalue weighted by molar-refractivity contribution is -0.115. The number of carbonyl (C=O) groups is 1. The summed E-state index contributed by atoms with van der Waals surface area (Å²) in [7, 11) is 0. The van der Waals surface area contributed by atoms with Gasteiger partial charge in [-0.1, -0.05) is 65.3 Å². The molecule has 0 radical (unpaired) electrons. The van der Waals surface area contributed by atoms with Crippen LogP contribution in [0.4, 0.5) is 5.69 Å². The molecule has 2 aromatic carbocycles. The fourth-order valence-corrected chi connectivity index (χ4v) is 3.51. The Hall–Kier alpha value is -2.15. The molecule has 0 saturated carbocycles. The van der Waals surface area contributed by atoms with E-state index in [9.17, 15) is 4.79 Å². The van der Waals surface area contributed by atoms with Crippen LogP contribution in [0.5, 0.6) is 0 Å². The van der Waals surface area contributed by atoms with Gasteiger partial charge >= 0.3 is 0 Å². The van der Waals surface area contributed by atoms with Gasteiger partial charge in [0.15, 0.2) is 5.16 Å². The van der Waals surface area contributed by atoms with E-state index in [0.29, 0.717) is 20.9 Å². The molecule has 0 aliphatic heterocycles. The monoisotopic (exact) mass is 406 g/mol. The molecule has 5 nitrogen and oxygen atoms in total. The topological polar surface area (TPSA) is 72.9 Å². The summed E-state index contributed by atoms with van der Waals surface area (Å²) in [5.41, 5.74) is 2.22. The SMILES string of the molecule is CC(Sc1nc(-c2ccccc2)cn1N)C(=O)Nc1ccc(Cl)cc1Cl. The first-order valence-electron chi connectivity index (χ1n) is 7.76. The largest absolute Gasteiger partial charge is 0.337 e. The number of hydrogen-bond donors (Lipinski definition) is 2. The number of aromatic nitrogens is 2. The molecule has 26 heavy (non-hydrogen) atoms. The summed E-state index contributed by atoms with van der Waals surface area (Å²) in [4.78, 5) is 17.0. The number of benzene rings is 2. The summed E-state index contributed by atoms with van der Waals surface area (Å²) in [6.07, 6.45) is 1.73. The lowest BCUT2D eigenvalue weighted by Crippen LogP contribution is -2.23. The van der Waals surface area contributed by atoms with Gasteiger partial charge in [-0.05, 0) is 25.1 Å². The number of carbonyl (C=O) groups excluding carboxylic acids is 1. The number of thioether (sulfide) groups is 1. The average Bonchev–Trinajstić information content (AvgIpc) is 2.98. The highest BCUT2D eigenvalue weighted by atomic mass is 35.5. The van der Waals surface area contributed by atoms with Gasteiger partial charge in [0, 0.05) is 10.6 Å². The van der Waals surface area contributed by atoms with E-state index in [1.807, 2.05) is 30.3 Å². The number of nitrogen functional groups attached to an aromatic ring is 1. The minimum Gasteiger partial charge on any atom is -0.337 e. The van der Waals surface area contributed by atoms with Crippen molar-refractivity contribution in [3.8, 4) is 11.3 Å². The van der Waals surface area contributed by atoms with Crippen molar-refractivity contribution in [3.05, 3.63) is 64.8 Å². The molecular formula is C18H16Cl2N4OS. The fourth-order valence-electron chi connectivity index (χ4n) is 2.25. The molecular weight excluding hydrogens is 391 g/mol. The molecule has 0 saturated heterocycles. The van der Waals surface area contributed by atoms with Crippen molar-refractivity contribution < 1.29 is 4.79 Å². The molecule has 3 N–H and O–H groups in total. The molecule has 1 atom stereocenters. The quantitative estimate of drug-likeness (QED) is 0.476. The van der Waals surface area contributed by atoms with Crippen molar-refractivity contribution in [2.24, 2.45) is 0 Å². The summed E-state index contributed by atoms with van der Waals surface area (Å²) in [6.45, 7) is 1.78. The first-order valence-corrected chi connectivity index (χ1v) is 9.40. The number of rotatable bonds is 5. The lowest BCUT2D eigenvalue weighted by Gasteiger charge is -2.12. The van der Waals surface area contributed by atoms with Crippen LogP contribution in [0.25, 0.3) is 11.3 Å². The number of hydrogen-bond acceptors (Lipinski definition) is 4. The number of anilines is 1. The van der Waals surface area contributed by atoms with Gasteiger partial charge in [0.05, 0.1) is 27.9 Å². The summed E-state index contributed by atoms with van der Waals surface area (Å²) < 4.78 is 1.42. The van der Waals surface area contributed by atoms with E-state index in [1.54, 1.807) is 31.3 Å². The highest BCUT2D eigenvalue weighted by Crippen LogP contribution is 2.28. The van der Waals surface area contributed by atoms with Crippen molar-refractivity contribution >= 4 is 46.6 Å². The van der Waals surface area contributed by atoms with Gasteiger partial charge in [-0.3, -0.25) is 4.79 Å². The maximum atomic E-state index is 12.4. The number of nitrogens with zero attached hydrogens (tertiary/aromatic N) is 2. The number of amides is 1. The number of nitrogens with one attached hydrogen (secondary N) is 1. The molecule has 0 bridgehead atoms. The summed E-state index contributed by atoms with van der Waals surface area (Å²) in [5, 5.41) is 3.81. The van der Waals surface area contributed by atoms with Crippen LogP contribution in [0.2, 0.25) is 10.0 Å².